The van der Waals surface area contributed by atoms with Gasteiger partial charge < -0.3 is 31.4 Å². The van der Waals surface area contributed by atoms with Crippen molar-refractivity contribution in [1.82, 2.24) is 43.2 Å². The van der Waals surface area contributed by atoms with Crippen LogP contribution in [0.1, 0.15) is 83.0 Å². The molecule has 2 aromatic carbocycles. The smallest absolute Gasteiger partial charge is 0.329 e. The first-order valence-electron chi connectivity index (χ1n) is 20.2. The SMILES string of the molecule is CCCC(C)n1c(=O)n(C)c2cc(C3CCN(CCCN(C)S(=O)(=O)c4cc(F)c(Nc5nc6c(OC(C)C)c(/C(C=N)=C/N)ncn6n5)c(F)c4)CC3)ccc21.O=CNC=O. The molecule has 5 aromatic rings. The number of fused-ring (bicyclic) bond motifs is 2. The van der Waals surface area contributed by atoms with Gasteiger partial charge in [0.1, 0.15) is 17.7 Å². The van der Waals surface area contributed by atoms with E-state index in [1.54, 1.807) is 23.7 Å². The summed E-state index contributed by atoms with van der Waals surface area (Å²) in [6, 6.07) is 8.03. The van der Waals surface area contributed by atoms with Gasteiger partial charge in [-0.15, -0.1) is 5.10 Å². The number of carbonyl (C=O) groups excluding carboxylic acids is 2. The number of likely N-dealkylation sites (tertiary alicyclic amines) is 1. The largest absolute Gasteiger partial charge is 0.485 e. The van der Waals surface area contributed by atoms with Gasteiger partial charge in [0.2, 0.25) is 34.4 Å². The van der Waals surface area contributed by atoms with E-state index in [2.05, 4.69) is 57.3 Å². The lowest BCUT2D eigenvalue weighted by atomic mass is 9.89. The zero-order chi connectivity index (χ0) is 45.3. The number of piperidine rings is 1. The van der Waals surface area contributed by atoms with Crippen molar-refractivity contribution in [3.63, 3.8) is 0 Å². The van der Waals surface area contributed by atoms with Crippen molar-refractivity contribution < 1.29 is 31.5 Å². The van der Waals surface area contributed by atoms with Crippen molar-refractivity contribution in [2.75, 3.05) is 38.5 Å². The molecular weight excluding hydrogens is 827 g/mol. The maximum absolute atomic E-state index is 15.4. The zero-order valence-electron chi connectivity index (χ0n) is 35.6. The Hall–Kier alpha value is -6.06. The van der Waals surface area contributed by atoms with Crippen molar-refractivity contribution >= 4 is 62.9 Å². The average molecular weight is 881 g/mol. The van der Waals surface area contributed by atoms with Gasteiger partial charge in [0, 0.05) is 44.7 Å². The summed E-state index contributed by atoms with van der Waals surface area (Å²) in [5, 5.41) is 16.1. The molecule has 2 amide bonds. The summed E-state index contributed by atoms with van der Waals surface area (Å²) in [7, 11) is -0.997. The highest BCUT2D eigenvalue weighted by molar-refractivity contribution is 7.89. The maximum atomic E-state index is 15.4. The van der Waals surface area contributed by atoms with Crippen LogP contribution in [-0.2, 0) is 26.7 Å². The second-order valence-electron chi connectivity index (χ2n) is 15.2. The first kappa shape index (κ1) is 47.0. The van der Waals surface area contributed by atoms with Crippen molar-refractivity contribution in [2.45, 2.75) is 82.8 Å². The number of aromatic nitrogens is 6. The summed E-state index contributed by atoms with van der Waals surface area (Å²) in [6.45, 7) is 10.3. The number of hydrogen-bond donors (Lipinski definition) is 4. The van der Waals surface area contributed by atoms with Crippen LogP contribution in [-0.4, -0.2) is 105 Å². The molecule has 1 unspecified atom stereocenters. The molecule has 1 aliphatic heterocycles. The van der Waals surface area contributed by atoms with Crippen LogP contribution in [0.2, 0.25) is 0 Å². The Morgan fingerprint density at radius 1 is 1.10 bits per heavy atom. The molecule has 3 aromatic heterocycles. The standard InChI is InChI=1S/C39H51F2N11O4S.C2H3NO2/c1-7-9-25(4)52-32-11-10-27(18-33(32)49(6)39(52)53)26-12-16-50(17-13-26)15-8-14-48(5)57(54,55)29-19-30(40)35(31(41)20-29)45-38-46-37-36(56-24(2)3)34(28(21-42)22-43)44-23-51(37)47-38;4-1-3-2-5/h10-11,18-26,42H,7-9,12-17,43H2,1-6H3,(H,45,47);1-2H,(H,3,4,5)/b28-22+,42-21?;. The molecule has 0 saturated carbocycles. The fraction of sp³-hybridized carbons (Fsp3) is 0.439. The molecule has 5 N–H and O–H groups in total. The predicted molar refractivity (Wildman–Crippen MR) is 232 cm³/mol. The number of benzene rings is 2. The van der Waals surface area contributed by atoms with Gasteiger partial charge in [0.25, 0.3) is 0 Å². The number of nitrogens with two attached hydrogens (primary N) is 1. The van der Waals surface area contributed by atoms with E-state index in [1.165, 1.54) is 29.7 Å². The molecule has 0 radical (unpaired) electrons. The molecule has 334 valence electrons. The van der Waals surface area contributed by atoms with E-state index < -0.39 is 32.2 Å². The molecule has 1 aliphatic rings. The third kappa shape index (κ3) is 10.3. The molecule has 0 bridgehead atoms. The Bertz CT molecular complexity index is 2570. The summed E-state index contributed by atoms with van der Waals surface area (Å²) in [5.41, 5.74) is 8.80. The van der Waals surface area contributed by atoms with Crippen molar-refractivity contribution in [3.05, 3.63) is 76.2 Å². The molecule has 1 atom stereocenters. The molecule has 0 spiro atoms. The third-order valence-electron chi connectivity index (χ3n) is 10.7. The van der Waals surface area contributed by atoms with Gasteiger partial charge in [-0.25, -0.2) is 31.3 Å². The van der Waals surface area contributed by atoms with Crippen LogP contribution in [0.25, 0.3) is 22.3 Å². The number of rotatable bonds is 18. The Kier molecular flexibility index (Phi) is 15.7. The van der Waals surface area contributed by atoms with Gasteiger partial charge in [-0.2, -0.15) is 9.50 Å². The number of nitrogens with zero attached hydrogens (tertiary/aromatic N) is 8. The van der Waals surface area contributed by atoms with Crippen LogP contribution >= 0.6 is 0 Å². The van der Waals surface area contributed by atoms with Crippen LogP contribution in [0.15, 0.2) is 52.5 Å². The highest BCUT2D eigenvalue weighted by Gasteiger charge is 2.27. The quantitative estimate of drug-likeness (QED) is 0.0696. The van der Waals surface area contributed by atoms with E-state index >= 15 is 8.78 Å². The van der Waals surface area contributed by atoms with Gasteiger partial charge in [-0.1, -0.05) is 19.4 Å². The Morgan fingerprint density at radius 2 is 1.77 bits per heavy atom. The summed E-state index contributed by atoms with van der Waals surface area (Å²) in [4.78, 5) is 41.6. The Labute approximate surface area is 358 Å². The fourth-order valence-corrected chi connectivity index (χ4v) is 8.74. The zero-order valence-corrected chi connectivity index (χ0v) is 36.5. The van der Waals surface area contributed by atoms with Gasteiger partial charge in [-0.05, 0) is 102 Å². The topological polar surface area (TPSA) is 228 Å². The first-order chi connectivity index (χ1) is 29.6. The minimum absolute atomic E-state index is 0.00668. The second kappa shape index (κ2) is 20.7. The number of allylic oxidation sites excluding steroid dienone is 1. The Balaban J connectivity index is 0.00000137. The van der Waals surface area contributed by atoms with E-state index in [9.17, 15) is 13.2 Å². The summed E-state index contributed by atoms with van der Waals surface area (Å²) in [6.07, 6.45) is 8.15. The highest BCUT2D eigenvalue weighted by atomic mass is 32.2. The fourth-order valence-electron chi connectivity index (χ4n) is 7.51. The lowest BCUT2D eigenvalue weighted by molar-refractivity contribution is -0.117. The molecule has 4 heterocycles. The van der Waals surface area contributed by atoms with Crippen molar-refractivity contribution in [3.8, 4) is 5.75 Å². The summed E-state index contributed by atoms with van der Waals surface area (Å²) < 4.78 is 69.6. The monoisotopic (exact) mass is 880 g/mol. The first-order valence-corrected chi connectivity index (χ1v) is 21.7. The number of halogens is 2. The molecule has 1 fully saturated rings. The maximum Gasteiger partial charge on any atom is 0.329 e. The predicted octanol–water partition coefficient (Wildman–Crippen LogP) is 4.68. The van der Waals surface area contributed by atoms with E-state index in [0.29, 0.717) is 31.7 Å². The lowest BCUT2D eigenvalue weighted by Crippen LogP contribution is -2.36. The number of imidazole rings is 1. The lowest BCUT2D eigenvalue weighted by Gasteiger charge is -2.32. The minimum atomic E-state index is -4.22. The van der Waals surface area contributed by atoms with E-state index in [0.717, 1.165) is 72.5 Å². The number of carbonyl (C=O) groups is 2. The van der Waals surface area contributed by atoms with Gasteiger partial charge in [0.05, 0.1) is 22.0 Å². The average Bonchev–Trinajstić information content (AvgIpc) is 3.77. The van der Waals surface area contributed by atoms with E-state index in [-0.39, 0.29) is 53.0 Å². The molecule has 62 heavy (non-hydrogen) atoms. The Morgan fingerprint density at radius 3 is 2.35 bits per heavy atom. The number of amides is 2. The van der Waals surface area contributed by atoms with E-state index in [1.807, 2.05) is 11.6 Å². The number of sulfonamides is 1. The number of hydrogen-bond acceptors (Lipinski definition) is 13. The van der Waals surface area contributed by atoms with Crippen LogP contribution < -0.4 is 26.8 Å². The molecule has 1 saturated heterocycles. The van der Waals surface area contributed by atoms with Crippen molar-refractivity contribution in [2.24, 2.45) is 12.8 Å². The van der Waals surface area contributed by atoms with Crippen LogP contribution in [0.4, 0.5) is 20.4 Å². The summed E-state index contributed by atoms with van der Waals surface area (Å²) in [5.74, 6) is -1.99. The van der Waals surface area contributed by atoms with Gasteiger partial charge >= 0.3 is 5.69 Å². The normalized spacial score (nSPS) is 14.5. The number of nitrogens with one attached hydrogen (secondary N) is 3. The molecule has 0 aliphatic carbocycles. The number of anilines is 2. The molecule has 6 rings (SSSR count). The number of imide groups is 1. The molecule has 21 heteroatoms. The van der Waals surface area contributed by atoms with Gasteiger partial charge in [-0.3, -0.25) is 18.7 Å². The molecule has 18 nitrogen and oxygen atoms in total. The van der Waals surface area contributed by atoms with Crippen LogP contribution in [0.5, 0.6) is 5.75 Å². The number of aryl methyl sites for hydroxylation is 1. The van der Waals surface area contributed by atoms with E-state index in [4.69, 9.17) is 25.5 Å². The summed E-state index contributed by atoms with van der Waals surface area (Å²) >= 11 is 0. The van der Waals surface area contributed by atoms with Crippen LogP contribution in [0, 0.1) is 17.0 Å². The van der Waals surface area contributed by atoms with Crippen molar-refractivity contribution in [1.29, 1.82) is 5.41 Å². The van der Waals surface area contributed by atoms with Crippen LogP contribution in [0.3, 0.4) is 0 Å². The number of ether oxygens (including phenoxy) is 1. The third-order valence-corrected chi connectivity index (χ3v) is 12.5. The minimum Gasteiger partial charge on any atom is -0.485 e. The highest BCUT2D eigenvalue weighted by Crippen LogP contribution is 2.33. The second-order valence-corrected chi connectivity index (χ2v) is 17.3. The van der Waals surface area contributed by atoms with Gasteiger partial charge in [0.15, 0.2) is 17.4 Å². The molecular formula is C41H54F2N12O6S.